The van der Waals surface area contributed by atoms with Crippen molar-refractivity contribution in [3.05, 3.63) is 90.0 Å². The minimum absolute atomic E-state index is 0.0182. The Kier molecular flexibility index (Phi) is 6.90. The Bertz CT molecular complexity index is 1070. The van der Waals surface area contributed by atoms with Gasteiger partial charge in [0.05, 0.1) is 0 Å². The van der Waals surface area contributed by atoms with Gasteiger partial charge in [-0.15, -0.1) is 0 Å². The summed E-state index contributed by atoms with van der Waals surface area (Å²) in [4.78, 5) is 31.5. The molecule has 6 heteroatoms. The highest BCUT2D eigenvalue weighted by molar-refractivity contribution is 5.89. The summed E-state index contributed by atoms with van der Waals surface area (Å²) in [7, 11) is 0. The van der Waals surface area contributed by atoms with Crippen molar-refractivity contribution in [1.82, 2.24) is 15.2 Å². The Morgan fingerprint density at radius 1 is 1.06 bits per heavy atom. The van der Waals surface area contributed by atoms with Crippen LogP contribution in [0.1, 0.15) is 24.0 Å². The lowest BCUT2D eigenvalue weighted by molar-refractivity contribution is -0.143. The van der Waals surface area contributed by atoms with Crippen molar-refractivity contribution in [3.8, 4) is 11.1 Å². The number of piperazine rings is 1. The number of aromatic nitrogens is 1. The Balaban J connectivity index is 1.41. The number of halogens is 1. The van der Waals surface area contributed by atoms with Gasteiger partial charge in [-0.05, 0) is 53.3 Å². The molecule has 5 nitrogen and oxygen atoms in total. The monoisotopic (exact) mass is 431 g/mol. The smallest absolute Gasteiger partial charge is 0.243 e. The Morgan fingerprint density at radius 3 is 2.66 bits per heavy atom. The third kappa shape index (κ3) is 5.38. The maximum atomic E-state index is 13.1. The molecular weight excluding hydrogens is 405 g/mol. The number of nitrogens with zero attached hydrogens (tertiary/aromatic N) is 2. The maximum absolute atomic E-state index is 13.1. The molecule has 0 spiro atoms. The molecular formula is C26H26FN3O2. The lowest BCUT2D eigenvalue weighted by Gasteiger charge is -2.35. The summed E-state index contributed by atoms with van der Waals surface area (Å²) in [6, 6.07) is 17.7. The molecule has 164 valence electrons. The van der Waals surface area contributed by atoms with E-state index < -0.39 is 6.04 Å². The number of carbonyl (C=O) groups excluding carboxylic acids is 2. The van der Waals surface area contributed by atoms with Crippen LogP contribution in [0.4, 0.5) is 4.39 Å². The quantitative estimate of drug-likeness (QED) is 0.619. The molecule has 2 heterocycles. The maximum Gasteiger partial charge on any atom is 0.243 e. The molecule has 0 unspecified atom stereocenters. The van der Waals surface area contributed by atoms with E-state index in [1.54, 1.807) is 23.2 Å². The molecule has 4 rings (SSSR count). The predicted octanol–water partition coefficient (Wildman–Crippen LogP) is 3.78. The first-order valence-electron chi connectivity index (χ1n) is 10.9. The van der Waals surface area contributed by atoms with Gasteiger partial charge < -0.3 is 10.2 Å². The second-order valence-electron chi connectivity index (χ2n) is 8.02. The Labute approximate surface area is 187 Å². The summed E-state index contributed by atoms with van der Waals surface area (Å²) in [5, 5.41) is 2.89. The molecule has 1 aromatic heterocycles. The number of amides is 2. The van der Waals surface area contributed by atoms with Crippen LogP contribution in [0.2, 0.25) is 0 Å². The number of rotatable bonds is 7. The summed E-state index contributed by atoms with van der Waals surface area (Å²) in [5.41, 5.74) is 4.04. The van der Waals surface area contributed by atoms with E-state index in [9.17, 15) is 14.0 Å². The molecule has 0 saturated carbocycles. The molecule has 0 radical (unpaired) electrons. The number of pyridine rings is 1. The average molecular weight is 432 g/mol. The summed E-state index contributed by atoms with van der Waals surface area (Å²) in [5.74, 6) is -0.398. The first-order valence-corrected chi connectivity index (χ1v) is 10.9. The van der Waals surface area contributed by atoms with E-state index >= 15 is 0 Å². The minimum Gasteiger partial charge on any atom is -0.353 e. The molecule has 1 N–H and O–H groups in total. The standard InChI is InChI=1S/C26H26FN3O2/c27-23-11-9-19(10-12-23)4-2-8-25(31)30-15-14-29-26(32)24(30)17-20-5-1-6-21(16-20)22-7-3-13-28-18-22/h1,3,5-7,9-13,16,18,24H,2,4,8,14-15,17H2,(H,29,32)/t24-/m1/s1. The van der Waals surface area contributed by atoms with Gasteiger partial charge in [0.1, 0.15) is 11.9 Å². The normalized spacial score (nSPS) is 16.0. The van der Waals surface area contributed by atoms with E-state index in [4.69, 9.17) is 0 Å². The van der Waals surface area contributed by atoms with Gasteiger partial charge in [-0.1, -0.05) is 42.5 Å². The van der Waals surface area contributed by atoms with Crippen molar-refractivity contribution in [3.63, 3.8) is 0 Å². The van der Waals surface area contributed by atoms with Crippen LogP contribution in [0.25, 0.3) is 11.1 Å². The predicted molar refractivity (Wildman–Crippen MR) is 121 cm³/mol. The SMILES string of the molecule is O=C1NCCN(C(=O)CCCc2ccc(F)cc2)[C@@H]1Cc1cccc(-c2cccnc2)c1. The lowest BCUT2D eigenvalue weighted by atomic mass is 9.98. The fourth-order valence-corrected chi connectivity index (χ4v) is 4.09. The number of hydrogen-bond donors (Lipinski definition) is 1. The van der Waals surface area contributed by atoms with Crippen LogP contribution in [-0.2, 0) is 22.4 Å². The first kappa shape index (κ1) is 21.7. The van der Waals surface area contributed by atoms with E-state index in [0.717, 1.165) is 22.3 Å². The molecule has 3 aromatic rings. The lowest BCUT2D eigenvalue weighted by Crippen LogP contribution is -2.58. The van der Waals surface area contributed by atoms with Crippen molar-refractivity contribution >= 4 is 11.8 Å². The van der Waals surface area contributed by atoms with Gasteiger partial charge in [0, 0.05) is 38.3 Å². The van der Waals surface area contributed by atoms with Gasteiger partial charge in [0.15, 0.2) is 0 Å². The van der Waals surface area contributed by atoms with Gasteiger partial charge in [0.2, 0.25) is 11.8 Å². The highest BCUT2D eigenvalue weighted by Gasteiger charge is 2.32. The van der Waals surface area contributed by atoms with E-state index in [1.807, 2.05) is 36.5 Å². The van der Waals surface area contributed by atoms with Crippen LogP contribution in [-0.4, -0.2) is 40.8 Å². The van der Waals surface area contributed by atoms with Gasteiger partial charge in [-0.2, -0.15) is 0 Å². The molecule has 0 aliphatic carbocycles. The number of benzene rings is 2. The fourth-order valence-electron chi connectivity index (χ4n) is 4.09. The van der Waals surface area contributed by atoms with E-state index in [0.29, 0.717) is 38.8 Å². The van der Waals surface area contributed by atoms with Crippen molar-refractivity contribution in [2.75, 3.05) is 13.1 Å². The third-order valence-corrected chi connectivity index (χ3v) is 5.77. The zero-order valence-electron chi connectivity index (χ0n) is 17.8. The van der Waals surface area contributed by atoms with Crippen molar-refractivity contribution in [2.24, 2.45) is 0 Å². The molecule has 1 fully saturated rings. The van der Waals surface area contributed by atoms with Crippen LogP contribution >= 0.6 is 0 Å². The van der Waals surface area contributed by atoms with Gasteiger partial charge in [-0.25, -0.2) is 4.39 Å². The van der Waals surface area contributed by atoms with Crippen LogP contribution in [0.5, 0.6) is 0 Å². The van der Waals surface area contributed by atoms with Gasteiger partial charge in [0.25, 0.3) is 0 Å². The van der Waals surface area contributed by atoms with Crippen molar-refractivity contribution in [2.45, 2.75) is 31.7 Å². The highest BCUT2D eigenvalue weighted by Crippen LogP contribution is 2.22. The number of hydrogen-bond acceptors (Lipinski definition) is 3. The van der Waals surface area contributed by atoms with Crippen LogP contribution in [0.15, 0.2) is 73.1 Å². The Morgan fingerprint density at radius 2 is 1.88 bits per heavy atom. The van der Waals surface area contributed by atoms with E-state index in [2.05, 4.69) is 16.4 Å². The van der Waals surface area contributed by atoms with Gasteiger partial charge in [-0.3, -0.25) is 14.6 Å². The van der Waals surface area contributed by atoms with E-state index in [1.165, 1.54) is 12.1 Å². The zero-order valence-corrected chi connectivity index (χ0v) is 17.8. The fraction of sp³-hybridized carbons (Fsp3) is 0.269. The largest absolute Gasteiger partial charge is 0.353 e. The highest BCUT2D eigenvalue weighted by atomic mass is 19.1. The van der Waals surface area contributed by atoms with Crippen LogP contribution < -0.4 is 5.32 Å². The molecule has 1 saturated heterocycles. The number of aryl methyl sites for hydroxylation is 1. The van der Waals surface area contributed by atoms with Crippen LogP contribution in [0.3, 0.4) is 0 Å². The van der Waals surface area contributed by atoms with E-state index in [-0.39, 0.29) is 17.6 Å². The van der Waals surface area contributed by atoms with Crippen molar-refractivity contribution in [1.29, 1.82) is 0 Å². The molecule has 1 aliphatic heterocycles. The topological polar surface area (TPSA) is 62.3 Å². The molecule has 1 aliphatic rings. The molecule has 2 amide bonds. The van der Waals surface area contributed by atoms with Gasteiger partial charge >= 0.3 is 0 Å². The molecule has 1 atom stereocenters. The second-order valence-corrected chi connectivity index (χ2v) is 8.02. The second kappa shape index (κ2) is 10.2. The molecule has 32 heavy (non-hydrogen) atoms. The van der Waals surface area contributed by atoms with Crippen molar-refractivity contribution < 1.29 is 14.0 Å². The average Bonchev–Trinajstić information content (AvgIpc) is 2.82. The molecule has 0 bridgehead atoms. The summed E-state index contributed by atoms with van der Waals surface area (Å²) >= 11 is 0. The third-order valence-electron chi connectivity index (χ3n) is 5.77. The summed E-state index contributed by atoms with van der Waals surface area (Å²) < 4.78 is 13.1. The van der Waals surface area contributed by atoms with Crippen LogP contribution in [0, 0.1) is 5.82 Å². The number of carbonyl (C=O) groups is 2. The number of nitrogens with one attached hydrogen (secondary N) is 1. The first-order chi connectivity index (χ1) is 15.6. The zero-order chi connectivity index (χ0) is 22.3. The summed E-state index contributed by atoms with van der Waals surface area (Å²) in [6.07, 6.45) is 5.72. The summed E-state index contributed by atoms with van der Waals surface area (Å²) in [6.45, 7) is 0.975. The minimum atomic E-state index is -0.522. The Hall–Kier alpha value is -3.54. The molecule has 2 aromatic carbocycles.